The van der Waals surface area contributed by atoms with Gasteiger partial charge in [0.1, 0.15) is 11.5 Å². The topological polar surface area (TPSA) is 115 Å². The molecule has 2 aliphatic rings. The Bertz CT molecular complexity index is 1610. The van der Waals surface area contributed by atoms with E-state index in [-0.39, 0.29) is 11.8 Å². The summed E-state index contributed by atoms with van der Waals surface area (Å²) in [5.41, 5.74) is 5.98. The van der Waals surface area contributed by atoms with Gasteiger partial charge in [-0.15, -0.1) is 0 Å². The zero-order valence-corrected chi connectivity index (χ0v) is 20.5. The van der Waals surface area contributed by atoms with Crippen molar-refractivity contribution in [1.29, 1.82) is 0 Å². The highest BCUT2D eigenvalue weighted by Crippen LogP contribution is 2.34. The van der Waals surface area contributed by atoms with Crippen molar-refractivity contribution in [3.8, 4) is 22.6 Å². The summed E-state index contributed by atoms with van der Waals surface area (Å²) in [6, 6.07) is 8.12. The van der Waals surface area contributed by atoms with Crippen LogP contribution >= 0.6 is 0 Å². The molecule has 5 aromatic heterocycles. The second-order valence-electron chi connectivity index (χ2n) is 10.1. The van der Waals surface area contributed by atoms with Gasteiger partial charge in [-0.1, -0.05) is 6.42 Å². The SMILES string of the molecule is O=C(Nc1cncc(-c2cc3c(-c4cc5c(N6CCCCC6)nccc5[nH]4)n[nH]c3cn2)c1)C1CCC1. The van der Waals surface area contributed by atoms with Crippen LogP contribution in [0.25, 0.3) is 44.5 Å². The number of nitrogens with one attached hydrogen (secondary N) is 3. The van der Waals surface area contributed by atoms with E-state index >= 15 is 0 Å². The standard InChI is InChI=1S/C28H28N8O/c37-28(17-5-4-6-17)32-19-11-18(14-29-15-19)23-12-20-25(16-31-23)34-35-26(20)24-13-21-22(33-24)7-8-30-27(21)36-9-2-1-3-10-36/h7-8,11-17,33H,1-6,9-10H2,(H,32,37)(H,34,35). The Morgan fingerprint density at radius 2 is 1.84 bits per heavy atom. The molecule has 9 nitrogen and oxygen atoms in total. The molecular formula is C28H28N8O. The van der Waals surface area contributed by atoms with Gasteiger partial charge in [0, 0.05) is 47.7 Å². The zero-order chi connectivity index (χ0) is 24.8. The summed E-state index contributed by atoms with van der Waals surface area (Å²) in [5.74, 6) is 1.23. The lowest BCUT2D eigenvalue weighted by atomic mass is 9.85. The maximum atomic E-state index is 12.4. The lowest BCUT2D eigenvalue weighted by molar-refractivity contribution is -0.122. The van der Waals surface area contributed by atoms with Crippen LogP contribution in [0.1, 0.15) is 38.5 Å². The van der Waals surface area contributed by atoms with Gasteiger partial charge in [0.2, 0.25) is 5.91 Å². The molecule has 0 radical (unpaired) electrons. The third-order valence-electron chi connectivity index (χ3n) is 7.66. The molecule has 0 spiro atoms. The first-order chi connectivity index (χ1) is 18.2. The summed E-state index contributed by atoms with van der Waals surface area (Å²) in [6.45, 7) is 2.09. The predicted molar refractivity (Wildman–Crippen MR) is 144 cm³/mol. The molecule has 0 aromatic carbocycles. The van der Waals surface area contributed by atoms with E-state index in [1.807, 2.05) is 24.4 Å². The average Bonchev–Trinajstić information content (AvgIpc) is 3.52. The van der Waals surface area contributed by atoms with Gasteiger partial charge < -0.3 is 15.2 Å². The molecule has 6 heterocycles. The normalized spacial score (nSPS) is 16.3. The number of nitrogens with zero attached hydrogens (tertiary/aromatic N) is 5. The smallest absolute Gasteiger partial charge is 0.227 e. The largest absolute Gasteiger partial charge is 0.356 e. The minimum absolute atomic E-state index is 0.0722. The van der Waals surface area contributed by atoms with E-state index in [0.29, 0.717) is 5.69 Å². The highest BCUT2D eigenvalue weighted by atomic mass is 16.1. The molecule has 2 fully saturated rings. The number of fused-ring (bicyclic) bond motifs is 2. The Hall–Kier alpha value is -4.27. The zero-order valence-electron chi connectivity index (χ0n) is 20.5. The van der Waals surface area contributed by atoms with Crippen LogP contribution in [0.2, 0.25) is 0 Å². The van der Waals surface area contributed by atoms with Crippen molar-refractivity contribution in [2.45, 2.75) is 38.5 Å². The van der Waals surface area contributed by atoms with Crippen molar-refractivity contribution in [1.82, 2.24) is 30.1 Å². The number of carbonyl (C=O) groups excluding carboxylic acids is 1. The fourth-order valence-corrected chi connectivity index (χ4v) is 5.37. The molecule has 3 N–H and O–H groups in total. The highest BCUT2D eigenvalue weighted by Gasteiger charge is 2.25. The minimum Gasteiger partial charge on any atom is -0.356 e. The van der Waals surface area contributed by atoms with Gasteiger partial charge in [0.15, 0.2) is 0 Å². The summed E-state index contributed by atoms with van der Waals surface area (Å²) in [7, 11) is 0. The van der Waals surface area contributed by atoms with Crippen molar-refractivity contribution < 1.29 is 4.79 Å². The maximum absolute atomic E-state index is 12.4. The molecule has 1 saturated heterocycles. The molecule has 5 aromatic rings. The molecule has 1 aliphatic carbocycles. The number of hydrogen-bond acceptors (Lipinski definition) is 6. The van der Waals surface area contributed by atoms with Crippen molar-refractivity contribution >= 4 is 39.2 Å². The number of carbonyl (C=O) groups is 1. The number of amides is 1. The number of anilines is 2. The van der Waals surface area contributed by atoms with Crippen molar-refractivity contribution in [3.05, 3.63) is 49.1 Å². The van der Waals surface area contributed by atoms with Gasteiger partial charge in [-0.25, -0.2) is 4.98 Å². The van der Waals surface area contributed by atoms with E-state index in [9.17, 15) is 4.79 Å². The van der Waals surface area contributed by atoms with Crippen molar-refractivity contribution in [2.75, 3.05) is 23.3 Å². The van der Waals surface area contributed by atoms with Gasteiger partial charge in [-0.3, -0.25) is 19.9 Å². The second kappa shape index (κ2) is 8.99. The first-order valence-electron chi connectivity index (χ1n) is 13.1. The van der Waals surface area contributed by atoms with Crippen LogP contribution in [-0.2, 0) is 4.79 Å². The van der Waals surface area contributed by atoms with Gasteiger partial charge in [0.05, 0.1) is 40.5 Å². The first kappa shape index (κ1) is 22.0. The van der Waals surface area contributed by atoms with E-state index in [1.54, 1.807) is 18.6 Å². The summed E-state index contributed by atoms with van der Waals surface area (Å²) in [6.07, 6.45) is 13.9. The Kier molecular flexibility index (Phi) is 5.34. The summed E-state index contributed by atoms with van der Waals surface area (Å²) in [5, 5.41) is 12.8. The fraction of sp³-hybridized carbons (Fsp3) is 0.321. The van der Waals surface area contributed by atoms with Crippen LogP contribution in [0.3, 0.4) is 0 Å². The Morgan fingerprint density at radius 1 is 0.946 bits per heavy atom. The van der Waals surface area contributed by atoms with Crippen molar-refractivity contribution in [3.63, 3.8) is 0 Å². The molecule has 0 atom stereocenters. The molecule has 37 heavy (non-hydrogen) atoms. The van der Waals surface area contributed by atoms with Gasteiger partial charge in [-0.2, -0.15) is 5.10 Å². The Labute approximate surface area is 213 Å². The molecule has 0 unspecified atom stereocenters. The predicted octanol–water partition coefficient (Wildman–Crippen LogP) is 5.29. The van der Waals surface area contributed by atoms with E-state index in [0.717, 1.165) is 82.6 Å². The van der Waals surface area contributed by atoms with Crippen LogP contribution in [0.15, 0.2) is 49.1 Å². The first-order valence-corrected chi connectivity index (χ1v) is 13.1. The monoisotopic (exact) mass is 492 g/mol. The number of aromatic amines is 2. The minimum atomic E-state index is 0.0722. The Balaban J connectivity index is 1.23. The summed E-state index contributed by atoms with van der Waals surface area (Å²) < 4.78 is 0. The van der Waals surface area contributed by atoms with Crippen LogP contribution in [0.5, 0.6) is 0 Å². The van der Waals surface area contributed by atoms with Crippen LogP contribution < -0.4 is 10.2 Å². The number of aromatic nitrogens is 6. The lowest BCUT2D eigenvalue weighted by Gasteiger charge is -2.28. The molecule has 1 aliphatic heterocycles. The maximum Gasteiger partial charge on any atom is 0.227 e. The van der Waals surface area contributed by atoms with Gasteiger partial charge >= 0.3 is 0 Å². The summed E-state index contributed by atoms with van der Waals surface area (Å²) in [4.78, 5) is 32.1. The molecule has 0 bridgehead atoms. The van der Waals surface area contributed by atoms with E-state index in [2.05, 4.69) is 41.4 Å². The number of H-pyrrole nitrogens is 2. The van der Waals surface area contributed by atoms with Crippen LogP contribution in [0, 0.1) is 5.92 Å². The molecule has 1 amide bonds. The third-order valence-corrected chi connectivity index (χ3v) is 7.66. The van der Waals surface area contributed by atoms with Gasteiger partial charge in [-0.05, 0) is 56.4 Å². The highest BCUT2D eigenvalue weighted by molar-refractivity contribution is 5.99. The Morgan fingerprint density at radius 3 is 2.68 bits per heavy atom. The molecule has 186 valence electrons. The molecular weight excluding hydrogens is 464 g/mol. The number of pyridine rings is 3. The van der Waals surface area contributed by atoms with Crippen LogP contribution in [-0.4, -0.2) is 49.1 Å². The molecule has 9 heteroatoms. The third kappa shape index (κ3) is 4.00. The van der Waals surface area contributed by atoms with Crippen molar-refractivity contribution in [2.24, 2.45) is 5.92 Å². The van der Waals surface area contributed by atoms with E-state index < -0.39 is 0 Å². The second-order valence-corrected chi connectivity index (χ2v) is 10.1. The fourth-order valence-electron chi connectivity index (χ4n) is 5.37. The molecule has 7 rings (SSSR count). The lowest BCUT2D eigenvalue weighted by Crippen LogP contribution is -2.30. The summed E-state index contributed by atoms with van der Waals surface area (Å²) >= 11 is 0. The number of piperidine rings is 1. The van der Waals surface area contributed by atoms with Crippen LogP contribution in [0.4, 0.5) is 11.5 Å². The van der Waals surface area contributed by atoms with Gasteiger partial charge in [0.25, 0.3) is 0 Å². The number of hydrogen-bond donors (Lipinski definition) is 3. The molecule has 1 saturated carbocycles. The average molecular weight is 493 g/mol. The quantitative estimate of drug-likeness (QED) is 0.307. The van der Waals surface area contributed by atoms with E-state index in [1.165, 1.54) is 19.3 Å². The number of rotatable bonds is 5. The van der Waals surface area contributed by atoms with E-state index in [4.69, 9.17) is 4.98 Å².